The normalized spacial score (nSPS) is 0.800. The van der Waals surface area contributed by atoms with E-state index >= 15 is 0 Å². The fourth-order valence-corrected chi connectivity index (χ4v) is 0. The molecule has 5 heavy (non-hydrogen) atoms. The third-order valence-electron chi connectivity index (χ3n) is 0. The first kappa shape index (κ1) is 27.6. The van der Waals surface area contributed by atoms with E-state index in [0.29, 0.717) is 19.8 Å². The molecule has 5 heteroatoms. The van der Waals surface area contributed by atoms with Gasteiger partial charge in [-0.2, -0.15) is 0 Å². The molecule has 0 aromatic heterocycles. The van der Waals surface area contributed by atoms with Crippen LogP contribution >= 0.6 is 0 Å². The summed E-state index contributed by atoms with van der Waals surface area (Å²) >= 11 is 0.333. The molecule has 32 valence electrons. The van der Waals surface area contributed by atoms with Gasteiger partial charge < -0.3 is 0 Å². The molecule has 0 saturated carbocycles. The Bertz CT molecular complexity index is 11.6. The number of rotatable bonds is 0. The quantitative estimate of drug-likeness (QED) is 0.549. The van der Waals surface area contributed by atoms with Crippen molar-refractivity contribution >= 4 is 18.9 Å². The maximum atomic E-state index is 8.33. The zero-order valence-corrected chi connectivity index (χ0v) is 7.43. The van der Waals surface area contributed by atoms with Crippen molar-refractivity contribution in [2.75, 3.05) is 0 Å². The molecule has 0 atom stereocenters. The van der Waals surface area contributed by atoms with Crippen LogP contribution in [-0.2, 0) is 56.4 Å². The summed E-state index contributed by atoms with van der Waals surface area (Å²) in [5, 5.41) is 0. The van der Waals surface area contributed by atoms with Gasteiger partial charge in [0.1, 0.15) is 0 Å². The van der Waals surface area contributed by atoms with Gasteiger partial charge in [-0.15, -0.1) is 0 Å². The van der Waals surface area contributed by atoms with E-state index in [1.54, 1.807) is 0 Å². The van der Waals surface area contributed by atoms with Gasteiger partial charge in [-0.3, -0.25) is 0 Å². The van der Waals surface area contributed by atoms with Crippen LogP contribution < -0.4 is 0 Å². The van der Waals surface area contributed by atoms with Crippen molar-refractivity contribution in [3.05, 3.63) is 0 Å². The predicted molar refractivity (Wildman–Crippen MR) is 6.44 cm³/mol. The standard InChI is InChI=1S/Co.Li.Ni.O.W. The Labute approximate surface area is 74.5 Å². The van der Waals surface area contributed by atoms with Crippen LogP contribution in [-0.4, -0.2) is 18.9 Å². The molecule has 0 saturated heterocycles. The van der Waals surface area contributed by atoms with Crippen molar-refractivity contribution in [3.8, 4) is 0 Å². The van der Waals surface area contributed by atoms with Crippen molar-refractivity contribution in [2.24, 2.45) is 0 Å². The van der Waals surface area contributed by atoms with E-state index in [1.165, 1.54) is 0 Å². The molecule has 0 aliphatic carbocycles. The maximum absolute atomic E-state index is 8.33. The predicted octanol–water partition coefficient (Wildman–Crippen LogP) is -0.507. The zero-order chi connectivity index (χ0) is 2.00. The van der Waals surface area contributed by atoms with Gasteiger partial charge in [0.25, 0.3) is 0 Å². The summed E-state index contributed by atoms with van der Waals surface area (Å²) in [6.45, 7) is 0. The number of hydrogen-bond acceptors (Lipinski definition) is 1. The van der Waals surface area contributed by atoms with Crippen LogP contribution in [0.15, 0.2) is 0 Å². The average Bonchev–Trinajstić information content (AvgIpc) is 1.00. The van der Waals surface area contributed by atoms with E-state index in [1.807, 2.05) is 0 Å². The first-order valence-electron chi connectivity index (χ1n) is 0.167. The van der Waals surface area contributed by atoms with Crippen LogP contribution in [0.2, 0.25) is 0 Å². The van der Waals surface area contributed by atoms with Crippen LogP contribution in [0.5, 0.6) is 0 Å². The summed E-state index contributed by atoms with van der Waals surface area (Å²) in [7, 11) is 0. The molecule has 1 nitrogen and oxygen atoms in total. The van der Waals surface area contributed by atoms with Gasteiger partial charge in [-0.1, -0.05) is 0 Å². The van der Waals surface area contributed by atoms with Gasteiger partial charge in [0.2, 0.25) is 0 Å². The molecule has 0 N–H and O–H groups in total. The molecule has 0 aromatic rings. The van der Waals surface area contributed by atoms with Crippen LogP contribution in [0.3, 0.4) is 0 Å². The summed E-state index contributed by atoms with van der Waals surface area (Å²) in [5.74, 6) is 0. The Kier molecular flexibility index (Phi) is 199. The van der Waals surface area contributed by atoms with Crippen LogP contribution in [0.1, 0.15) is 0 Å². The fraction of sp³-hybridized carbons (Fsp3) is 0. The van der Waals surface area contributed by atoms with E-state index in [-0.39, 0.29) is 52.1 Å². The first-order valence-corrected chi connectivity index (χ1v) is 1.36. The Balaban J connectivity index is -0.00000000167. The molecule has 0 unspecified atom stereocenters. The van der Waals surface area contributed by atoms with Gasteiger partial charge in [0, 0.05) is 52.1 Å². The first-order chi connectivity index (χ1) is 1.00. The topological polar surface area (TPSA) is 17.1 Å². The second kappa shape index (κ2) is 36.2. The van der Waals surface area contributed by atoms with E-state index in [4.69, 9.17) is 3.40 Å². The Hall–Kier alpha value is 2.09. The molecule has 2 radical (unpaired) electrons. The van der Waals surface area contributed by atoms with Gasteiger partial charge in [-0.25, -0.2) is 0 Å². The molecular weight excluding hydrogens is 324 g/mol. The molecule has 0 heterocycles. The third-order valence-corrected chi connectivity index (χ3v) is 0. The average molecular weight is 324 g/mol. The molecule has 0 amide bonds. The van der Waals surface area contributed by atoms with Crippen molar-refractivity contribution in [3.63, 3.8) is 0 Å². The van der Waals surface area contributed by atoms with E-state index in [9.17, 15) is 0 Å². The second-order valence-corrected chi connectivity index (χ2v) is 0. The Morgan fingerprint density at radius 2 is 1.20 bits per heavy atom. The summed E-state index contributed by atoms with van der Waals surface area (Å²) < 4.78 is 8.33. The fourth-order valence-electron chi connectivity index (χ4n) is 0. The second-order valence-electron chi connectivity index (χ2n) is 0. The minimum absolute atomic E-state index is 0. The summed E-state index contributed by atoms with van der Waals surface area (Å²) in [4.78, 5) is 0. The molecule has 0 aliphatic rings. The van der Waals surface area contributed by atoms with Crippen LogP contribution in [0, 0.1) is 0 Å². The summed E-state index contributed by atoms with van der Waals surface area (Å²) in [5.41, 5.74) is 0. The van der Waals surface area contributed by atoms with E-state index < -0.39 is 0 Å². The number of hydrogen-bond donors (Lipinski definition) is 0. The molecule has 0 aromatic carbocycles. The molecule has 0 spiro atoms. The van der Waals surface area contributed by atoms with Crippen molar-refractivity contribution in [1.29, 1.82) is 0 Å². The SMILES string of the molecule is [Co].[Li].[Ni].[O]=[W]. The molecule has 0 aliphatic heterocycles. The zero-order valence-electron chi connectivity index (χ0n) is 2.47. The minimum atomic E-state index is 0. The molecular formula is CoLiNiOW. The van der Waals surface area contributed by atoms with Crippen LogP contribution in [0.4, 0.5) is 0 Å². The summed E-state index contributed by atoms with van der Waals surface area (Å²) in [6, 6.07) is 0. The van der Waals surface area contributed by atoms with Gasteiger partial charge >= 0.3 is 23.2 Å². The van der Waals surface area contributed by atoms with Crippen LogP contribution in [0.25, 0.3) is 0 Å². The third kappa shape index (κ3) is 23.4. The van der Waals surface area contributed by atoms with Crippen molar-refractivity contribution < 1.29 is 56.4 Å². The monoisotopic (exact) mass is 324 g/mol. The summed E-state index contributed by atoms with van der Waals surface area (Å²) in [6.07, 6.45) is 0. The van der Waals surface area contributed by atoms with Crippen molar-refractivity contribution in [1.82, 2.24) is 0 Å². The van der Waals surface area contributed by atoms with Gasteiger partial charge in [-0.05, 0) is 0 Å². The Morgan fingerprint density at radius 1 is 1.20 bits per heavy atom. The van der Waals surface area contributed by atoms with Gasteiger partial charge in [0.15, 0.2) is 0 Å². The molecule has 0 bridgehead atoms. The van der Waals surface area contributed by atoms with Gasteiger partial charge in [0.05, 0.1) is 0 Å². The Morgan fingerprint density at radius 3 is 1.20 bits per heavy atom. The molecule has 0 rings (SSSR count). The molecule has 0 fully saturated rings. The van der Waals surface area contributed by atoms with E-state index in [0.717, 1.165) is 0 Å². The van der Waals surface area contributed by atoms with Crippen molar-refractivity contribution in [2.45, 2.75) is 0 Å². The van der Waals surface area contributed by atoms with E-state index in [2.05, 4.69) is 0 Å².